The average molecular weight is 517 g/mol. The molecule has 37 heavy (non-hydrogen) atoms. The van der Waals surface area contributed by atoms with Gasteiger partial charge in [0.15, 0.2) is 0 Å². The second-order valence-corrected chi connectivity index (χ2v) is 9.62. The Morgan fingerprint density at radius 2 is 1.65 bits per heavy atom. The number of aromatic nitrogens is 1. The first-order valence-electron chi connectivity index (χ1n) is 13.0. The van der Waals surface area contributed by atoms with Gasteiger partial charge in [0.05, 0.1) is 32.6 Å². The second-order valence-electron chi connectivity index (χ2n) is 9.62. The molecule has 0 bridgehead atoms. The van der Waals surface area contributed by atoms with Gasteiger partial charge in [-0.1, -0.05) is 13.8 Å². The topological polar surface area (TPSA) is 90.2 Å². The fourth-order valence-corrected chi connectivity index (χ4v) is 4.07. The fourth-order valence-electron chi connectivity index (χ4n) is 4.07. The zero-order valence-corrected chi connectivity index (χ0v) is 24.8. The van der Waals surface area contributed by atoms with Crippen LogP contribution in [0.1, 0.15) is 62.6 Å². The van der Waals surface area contributed by atoms with E-state index in [2.05, 4.69) is 35.5 Å². The Balaban J connectivity index is 0.00000163. The van der Waals surface area contributed by atoms with Gasteiger partial charge in [-0.2, -0.15) is 0 Å². The van der Waals surface area contributed by atoms with Gasteiger partial charge in [-0.05, 0) is 78.8 Å². The van der Waals surface area contributed by atoms with Gasteiger partial charge < -0.3 is 24.8 Å². The number of nitrogens with two attached hydrogens (primary N) is 1. The van der Waals surface area contributed by atoms with Crippen molar-refractivity contribution in [2.24, 2.45) is 5.73 Å². The number of hydrogen-bond acceptors (Lipinski definition) is 7. The number of anilines is 2. The molecule has 1 fully saturated rings. The molecule has 0 saturated carbocycles. The Morgan fingerprint density at radius 1 is 1.05 bits per heavy atom. The van der Waals surface area contributed by atoms with Gasteiger partial charge in [-0.15, -0.1) is 0 Å². The first kappa shape index (κ1) is 32.2. The van der Waals surface area contributed by atoms with E-state index < -0.39 is 11.7 Å². The molecular formula is C29H48N4O4. The van der Waals surface area contributed by atoms with Gasteiger partial charge in [-0.25, -0.2) is 4.79 Å². The third kappa shape index (κ3) is 8.61. The maximum atomic E-state index is 13.4. The van der Waals surface area contributed by atoms with Gasteiger partial charge in [0.2, 0.25) is 0 Å². The lowest BCUT2D eigenvalue weighted by molar-refractivity contribution is 0.0577. The molecule has 2 aromatic rings. The van der Waals surface area contributed by atoms with Gasteiger partial charge >= 0.3 is 6.09 Å². The summed E-state index contributed by atoms with van der Waals surface area (Å²) in [5.41, 5.74) is 10.8. The van der Waals surface area contributed by atoms with Crippen molar-refractivity contribution in [3.8, 4) is 5.75 Å². The molecule has 3 rings (SSSR count). The van der Waals surface area contributed by atoms with Crippen LogP contribution in [0.15, 0.2) is 18.3 Å². The number of aryl methyl sites for hydroxylation is 2. The van der Waals surface area contributed by atoms with Gasteiger partial charge in [-0.3, -0.25) is 9.88 Å². The number of carbonyl (C=O) groups is 1. The molecule has 208 valence electrons. The van der Waals surface area contributed by atoms with Crippen LogP contribution in [-0.4, -0.2) is 57.1 Å². The molecule has 1 aliphatic heterocycles. The first-order valence-corrected chi connectivity index (χ1v) is 13.0. The Hall–Kier alpha value is -2.84. The molecular weight excluding hydrogens is 468 g/mol. The Morgan fingerprint density at radius 3 is 2.19 bits per heavy atom. The van der Waals surface area contributed by atoms with E-state index in [1.54, 1.807) is 18.2 Å². The van der Waals surface area contributed by atoms with Crippen LogP contribution in [0.2, 0.25) is 0 Å². The maximum absolute atomic E-state index is 13.4. The third-order valence-corrected chi connectivity index (χ3v) is 5.96. The van der Waals surface area contributed by atoms with Gasteiger partial charge in [0.25, 0.3) is 0 Å². The van der Waals surface area contributed by atoms with Gasteiger partial charge in [0.1, 0.15) is 11.4 Å². The van der Waals surface area contributed by atoms with Crippen molar-refractivity contribution in [2.75, 3.05) is 50.3 Å². The van der Waals surface area contributed by atoms with Crippen molar-refractivity contribution in [1.82, 2.24) is 4.98 Å². The van der Waals surface area contributed by atoms with Crippen LogP contribution in [0.5, 0.6) is 5.75 Å². The van der Waals surface area contributed by atoms with E-state index in [1.165, 1.54) is 12.6 Å². The van der Waals surface area contributed by atoms with Gasteiger partial charge in [0, 0.05) is 41.8 Å². The molecule has 0 atom stereocenters. The quantitative estimate of drug-likeness (QED) is 0.545. The van der Waals surface area contributed by atoms with E-state index in [0.717, 1.165) is 52.6 Å². The van der Waals surface area contributed by atoms with E-state index in [-0.39, 0.29) is 6.54 Å². The minimum absolute atomic E-state index is 0.280. The Labute approximate surface area is 224 Å². The first-order chi connectivity index (χ1) is 17.5. The van der Waals surface area contributed by atoms with Crippen LogP contribution >= 0.6 is 0 Å². The molecule has 1 aromatic heterocycles. The molecule has 0 aliphatic carbocycles. The lowest BCUT2D eigenvalue weighted by Gasteiger charge is -2.33. The second kappa shape index (κ2) is 14.8. The van der Waals surface area contributed by atoms with Crippen LogP contribution in [-0.2, 0) is 16.0 Å². The smallest absolute Gasteiger partial charge is 0.415 e. The van der Waals surface area contributed by atoms with Crippen LogP contribution in [0.25, 0.3) is 0 Å². The summed E-state index contributed by atoms with van der Waals surface area (Å²) in [5.74, 6) is 0.790. The normalized spacial score (nSPS) is 13.0. The predicted octanol–water partition coefficient (Wildman–Crippen LogP) is 5.70. The molecule has 0 unspecified atom stereocenters. The summed E-state index contributed by atoms with van der Waals surface area (Å²) in [6, 6.07) is 4.13. The average Bonchev–Trinajstić information content (AvgIpc) is 2.87. The van der Waals surface area contributed by atoms with Crippen molar-refractivity contribution >= 4 is 17.5 Å². The van der Waals surface area contributed by atoms with E-state index in [0.29, 0.717) is 13.2 Å². The molecule has 8 nitrogen and oxygen atoms in total. The molecule has 2 N–H and O–H groups in total. The number of nitrogens with zero attached hydrogens (tertiary/aromatic N) is 3. The summed E-state index contributed by atoms with van der Waals surface area (Å²) < 4.78 is 16.9. The monoisotopic (exact) mass is 516 g/mol. The van der Waals surface area contributed by atoms with Crippen LogP contribution < -0.4 is 20.3 Å². The number of carbonyl (C=O) groups excluding carboxylic acids is 1. The number of morpholine rings is 1. The standard InChI is InChI=1S/C26H37N3O4.C2H6.CH5N/c1-17-13-21(14-23(19(17)3)28-9-11-32-12-10-28)29(25(30)33-26(5,6)7)16-22-20(4)24(31-8)18(2)15-27-22;2*1-2/h13-15H,9-12,16H2,1-8H3;1-2H3;2H2,1H3. The molecule has 1 amide bonds. The third-order valence-electron chi connectivity index (χ3n) is 5.96. The van der Waals surface area contributed by atoms with Crippen molar-refractivity contribution in [2.45, 2.75) is 74.5 Å². The minimum atomic E-state index is -0.616. The molecule has 8 heteroatoms. The molecule has 2 heterocycles. The summed E-state index contributed by atoms with van der Waals surface area (Å²) in [5, 5.41) is 0. The van der Waals surface area contributed by atoms with E-state index in [1.807, 2.05) is 54.5 Å². The molecule has 1 aliphatic rings. The minimum Gasteiger partial charge on any atom is -0.496 e. The molecule has 1 saturated heterocycles. The van der Waals surface area contributed by atoms with Crippen molar-refractivity contribution in [1.29, 1.82) is 0 Å². The summed E-state index contributed by atoms with van der Waals surface area (Å²) in [4.78, 5) is 22.0. The SMILES string of the molecule is CC.CN.COc1c(C)cnc(CN(C(=O)OC(C)(C)C)c2cc(C)c(C)c(N3CCOCC3)c2)c1C. The predicted molar refractivity (Wildman–Crippen MR) is 153 cm³/mol. The fraction of sp³-hybridized carbons (Fsp3) is 0.586. The van der Waals surface area contributed by atoms with Crippen LogP contribution in [0, 0.1) is 27.7 Å². The number of methoxy groups -OCH3 is 1. The lowest BCUT2D eigenvalue weighted by atomic mass is 10.0. The molecule has 1 aromatic carbocycles. The number of ether oxygens (including phenoxy) is 3. The number of pyridine rings is 1. The van der Waals surface area contributed by atoms with Crippen LogP contribution in [0.4, 0.5) is 16.2 Å². The Kier molecular flexibility index (Phi) is 12.9. The van der Waals surface area contributed by atoms with E-state index in [9.17, 15) is 4.79 Å². The van der Waals surface area contributed by atoms with E-state index >= 15 is 0 Å². The zero-order valence-electron chi connectivity index (χ0n) is 24.8. The lowest BCUT2D eigenvalue weighted by Crippen LogP contribution is -2.38. The summed E-state index contributed by atoms with van der Waals surface area (Å²) in [6.07, 6.45) is 1.38. The summed E-state index contributed by atoms with van der Waals surface area (Å²) >= 11 is 0. The van der Waals surface area contributed by atoms with Crippen molar-refractivity contribution in [3.05, 3.63) is 46.3 Å². The number of benzene rings is 1. The maximum Gasteiger partial charge on any atom is 0.415 e. The number of amides is 1. The van der Waals surface area contributed by atoms with Crippen molar-refractivity contribution in [3.63, 3.8) is 0 Å². The van der Waals surface area contributed by atoms with Crippen LogP contribution in [0.3, 0.4) is 0 Å². The zero-order chi connectivity index (χ0) is 28.3. The number of rotatable bonds is 5. The highest BCUT2D eigenvalue weighted by atomic mass is 16.6. The molecule has 0 radical (unpaired) electrons. The highest BCUT2D eigenvalue weighted by molar-refractivity contribution is 5.89. The highest BCUT2D eigenvalue weighted by Crippen LogP contribution is 2.33. The summed E-state index contributed by atoms with van der Waals surface area (Å²) in [7, 11) is 3.16. The summed E-state index contributed by atoms with van der Waals surface area (Å²) in [6.45, 7) is 21.1. The number of hydrogen-bond donors (Lipinski definition) is 1. The van der Waals surface area contributed by atoms with Crippen molar-refractivity contribution < 1.29 is 19.0 Å². The van der Waals surface area contributed by atoms with E-state index in [4.69, 9.17) is 14.2 Å². The Bertz CT molecular complexity index is 1010. The largest absolute Gasteiger partial charge is 0.496 e. The molecule has 0 spiro atoms. The highest BCUT2D eigenvalue weighted by Gasteiger charge is 2.27.